The van der Waals surface area contributed by atoms with Crippen molar-refractivity contribution in [3.05, 3.63) is 80.1 Å². The molecule has 0 saturated heterocycles. The molecule has 2 heterocycles. The van der Waals surface area contributed by atoms with Crippen LogP contribution in [0.5, 0.6) is 0 Å². The van der Waals surface area contributed by atoms with Gasteiger partial charge in [-0.05, 0) is 30.7 Å². The molecule has 5 nitrogen and oxygen atoms in total. The number of aryl methyl sites for hydroxylation is 1. The summed E-state index contributed by atoms with van der Waals surface area (Å²) in [5, 5.41) is 3.78. The van der Waals surface area contributed by atoms with Crippen molar-refractivity contribution in [2.45, 2.75) is 26.1 Å². The third-order valence-corrected chi connectivity index (χ3v) is 4.33. The topological polar surface area (TPSA) is 60.9 Å². The zero-order chi connectivity index (χ0) is 19.8. The molecule has 0 aliphatic heterocycles. The lowest BCUT2D eigenvalue weighted by atomic mass is 10.1. The number of benzene rings is 1. The Balaban J connectivity index is 1.93. The Hall–Kier alpha value is -2.68. The van der Waals surface area contributed by atoms with Gasteiger partial charge in [-0.15, -0.1) is 0 Å². The van der Waals surface area contributed by atoms with Crippen molar-refractivity contribution in [2.75, 3.05) is 0 Å². The highest BCUT2D eigenvalue weighted by Gasteiger charge is 2.32. The molecule has 0 amide bonds. The van der Waals surface area contributed by atoms with E-state index in [0.29, 0.717) is 5.56 Å². The molecule has 0 saturated carbocycles. The molecule has 142 valence electrons. The molecule has 0 aliphatic carbocycles. The molecule has 0 aliphatic rings. The highest BCUT2D eigenvalue weighted by atomic mass is 35.5. The van der Waals surface area contributed by atoms with Gasteiger partial charge in [0.1, 0.15) is 11.5 Å². The van der Waals surface area contributed by atoms with E-state index in [1.807, 2.05) is 0 Å². The van der Waals surface area contributed by atoms with E-state index in [4.69, 9.17) is 11.6 Å². The summed E-state index contributed by atoms with van der Waals surface area (Å²) in [4.78, 5) is 15.5. The minimum absolute atomic E-state index is 0.0892. The maximum absolute atomic E-state index is 14.0. The van der Waals surface area contributed by atoms with Crippen LogP contribution in [0.2, 0.25) is 5.02 Å². The lowest BCUT2D eigenvalue weighted by Crippen LogP contribution is -2.20. The largest absolute Gasteiger partial charge is 0.441 e. The van der Waals surface area contributed by atoms with E-state index >= 15 is 0 Å². The van der Waals surface area contributed by atoms with Crippen LogP contribution in [-0.4, -0.2) is 14.7 Å². The van der Waals surface area contributed by atoms with Crippen LogP contribution in [0.15, 0.2) is 39.6 Å². The summed E-state index contributed by atoms with van der Waals surface area (Å²) in [6.45, 7) is 1.28. The number of hydrogen-bond donors (Lipinski definition) is 0. The van der Waals surface area contributed by atoms with Crippen molar-refractivity contribution < 1.29 is 22.1 Å². The van der Waals surface area contributed by atoms with E-state index in [1.54, 1.807) is 0 Å². The molecule has 3 rings (SSSR count). The van der Waals surface area contributed by atoms with Gasteiger partial charge >= 0.3 is 11.9 Å². The SMILES string of the molecule is Cc1nc(C(F)(F)F)ccc1Cn1c(Cc2c(F)cccc2Cl)noc1=O. The van der Waals surface area contributed by atoms with Gasteiger partial charge in [-0.1, -0.05) is 28.9 Å². The van der Waals surface area contributed by atoms with Gasteiger partial charge in [0.2, 0.25) is 0 Å². The quantitative estimate of drug-likeness (QED) is 0.620. The molecule has 27 heavy (non-hydrogen) atoms. The summed E-state index contributed by atoms with van der Waals surface area (Å²) in [5.41, 5.74) is -0.426. The van der Waals surface area contributed by atoms with Crippen molar-refractivity contribution in [1.82, 2.24) is 14.7 Å². The van der Waals surface area contributed by atoms with E-state index in [0.717, 1.165) is 10.6 Å². The summed E-state index contributed by atoms with van der Waals surface area (Å²) >= 11 is 5.98. The Morgan fingerprint density at radius 1 is 1.22 bits per heavy atom. The normalized spacial score (nSPS) is 11.8. The number of halogens is 5. The zero-order valence-electron chi connectivity index (χ0n) is 13.8. The van der Waals surface area contributed by atoms with E-state index in [-0.39, 0.29) is 35.1 Å². The van der Waals surface area contributed by atoms with Crippen LogP contribution < -0.4 is 5.76 Å². The zero-order valence-corrected chi connectivity index (χ0v) is 14.6. The van der Waals surface area contributed by atoms with Gasteiger partial charge in [0.05, 0.1) is 6.54 Å². The molecule has 2 aromatic heterocycles. The fraction of sp³-hybridized carbons (Fsp3) is 0.235. The van der Waals surface area contributed by atoms with Crippen LogP contribution in [0.25, 0.3) is 0 Å². The molecule has 10 heteroatoms. The standard InChI is InChI=1S/C17H12ClF4N3O2/c1-9-10(5-6-14(23-9)17(20,21)22)8-25-15(24-27-16(25)26)7-11-12(18)3-2-4-13(11)19/h2-6H,7-8H2,1H3. The monoisotopic (exact) mass is 401 g/mol. The van der Waals surface area contributed by atoms with Crippen LogP contribution >= 0.6 is 11.6 Å². The predicted octanol–water partition coefficient (Wildman–Crippen LogP) is 3.99. The number of hydrogen-bond acceptors (Lipinski definition) is 4. The molecular formula is C17H12ClF4N3O2. The van der Waals surface area contributed by atoms with E-state index in [1.165, 1.54) is 31.2 Å². The van der Waals surface area contributed by atoms with Crippen molar-refractivity contribution in [3.8, 4) is 0 Å². The fourth-order valence-electron chi connectivity index (χ4n) is 2.52. The molecule has 1 aromatic carbocycles. The molecule has 0 N–H and O–H groups in total. The van der Waals surface area contributed by atoms with Crippen LogP contribution in [-0.2, 0) is 19.1 Å². The molecule has 0 bridgehead atoms. The number of aromatic nitrogens is 3. The van der Waals surface area contributed by atoms with Crippen molar-refractivity contribution in [1.29, 1.82) is 0 Å². The summed E-state index contributed by atoms with van der Waals surface area (Å²) in [7, 11) is 0. The van der Waals surface area contributed by atoms with Crippen molar-refractivity contribution in [2.24, 2.45) is 0 Å². The van der Waals surface area contributed by atoms with Crippen LogP contribution in [0, 0.1) is 12.7 Å². The second-order valence-electron chi connectivity index (χ2n) is 5.77. The Morgan fingerprint density at radius 3 is 2.59 bits per heavy atom. The molecule has 0 unspecified atom stereocenters. The Kier molecular flexibility index (Phi) is 5.05. The average molecular weight is 402 g/mol. The highest BCUT2D eigenvalue weighted by molar-refractivity contribution is 6.31. The van der Waals surface area contributed by atoms with Crippen LogP contribution in [0.3, 0.4) is 0 Å². The van der Waals surface area contributed by atoms with Gasteiger partial charge in [-0.25, -0.2) is 14.2 Å². The molecule has 0 atom stereocenters. The van der Waals surface area contributed by atoms with Gasteiger partial charge in [0, 0.05) is 22.7 Å². The second kappa shape index (κ2) is 7.15. The van der Waals surface area contributed by atoms with Gasteiger partial charge in [0.25, 0.3) is 0 Å². The first-order valence-electron chi connectivity index (χ1n) is 7.69. The Morgan fingerprint density at radius 2 is 1.96 bits per heavy atom. The summed E-state index contributed by atoms with van der Waals surface area (Å²) < 4.78 is 57.9. The first kappa shape index (κ1) is 19.1. The maximum atomic E-state index is 14.0. The number of alkyl halides is 3. The smallest absolute Gasteiger partial charge is 0.296 e. The van der Waals surface area contributed by atoms with Crippen molar-refractivity contribution in [3.63, 3.8) is 0 Å². The Labute approximate surface area is 155 Å². The van der Waals surface area contributed by atoms with E-state index in [2.05, 4.69) is 14.7 Å². The lowest BCUT2D eigenvalue weighted by molar-refractivity contribution is -0.141. The minimum Gasteiger partial charge on any atom is -0.296 e. The Bertz CT molecular complexity index is 1020. The molecule has 0 radical (unpaired) electrons. The number of nitrogens with zero attached hydrogens (tertiary/aromatic N) is 3. The van der Waals surface area contributed by atoms with Gasteiger partial charge in [-0.3, -0.25) is 9.09 Å². The third-order valence-electron chi connectivity index (χ3n) is 3.97. The first-order valence-corrected chi connectivity index (χ1v) is 8.06. The number of rotatable bonds is 4. The summed E-state index contributed by atoms with van der Waals surface area (Å²) in [6, 6.07) is 6.20. The van der Waals surface area contributed by atoms with Crippen LogP contribution in [0.1, 0.15) is 28.3 Å². The van der Waals surface area contributed by atoms with E-state index in [9.17, 15) is 22.4 Å². The molecule has 3 aromatic rings. The second-order valence-corrected chi connectivity index (χ2v) is 6.17. The first-order chi connectivity index (χ1) is 12.7. The van der Waals surface area contributed by atoms with Crippen molar-refractivity contribution >= 4 is 11.6 Å². The molecule has 0 spiro atoms. The van der Waals surface area contributed by atoms with Gasteiger partial charge < -0.3 is 0 Å². The van der Waals surface area contributed by atoms with E-state index < -0.39 is 23.4 Å². The van der Waals surface area contributed by atoms with Crippen LogP contribution in [0.4, 0.5) is 17.6 Å². The average Bonchev–Trinajstić information content (AvgIpc) is 2.92. The summed E-state index contributed by atoms with van der Waals surface area (Å²) in [5.74, 6) is -1.31. The summed E-state index contributed by atoms with van der Waals surface area (Å²) in [6.07, 6.45) is -4.69. The fourth-order valence-corrected chi connectivity index (χ4v) is 2.75. The molecule has 0 fully saturated rings. The third kappa shape index (κ3) is 4.02. The van der Waals surface area contributed by atoms with Gasteiger partial charge in [0.15, 0.2) is 5.82 Å². The maximum Gasteiger partial charge on any atom is 0.441 e. The highest BCUT2D eigenvalue weighted by Crippen LogP contribution is 2.28. The van der Waals surface area contributed by atoms with Gasteiger partial charge in [-0.2, -0.15) is 13.2 Å². The minimum atomic E-state index is -4.57. The lowest BCUT2D eigenvalue weighted by Gasteiger charge is -2.11. The number of pyridine rings is 1. The predicted molar refractivity (Wildman–Crippen MR) is 88.1 cm³/mol. The molecular weight excluding hydrogens is 390 g/mol.